The molecule has 94 valence electrons. The van der Waals surface area contributed by atoms with E-state index in [0.717, 1.165) is 16.8 Å². The van der Waals surface area contributed by atoms with Gasteiger partial charge in [-0.3, -0.25) is 4.57 Å². The summed E-state index contributed by atoms with van der Waals surface area (Å²) >= 11 is 5.23. The van der Waals surface area contributed by atoms with E-state index < -0.39 is 0 Å². The summed E-state index contributed by atoms with van der Waals surface area (Å²) in [5.74, 6) is 0.355. The summed E-state index contributed by atoms with van der Waals surface area (Å²) in [6, 6.07) is 18.1. The number of nitrogens with one attached hydrogen (secondary N) is 1. The molecule has 0 atom stereocenters. The molecule has 0 aliphatic heterocycles. The van der Waals surface area contributed by atoms with Crippen LogP contribution in [0.2, 0.25) is 0 Å². The third-order valence-electron chi connectivity index (χ3n) is 2.93. The first-order valence-corrected chi connectivity index (χ1v) is 6.26. The van der Waals surface area contributed by atoms with E-state index in [0.29, 0.717) is 10.7 Å². The van der Waals surface area contributed by atoms with Crippen LogP contribution in [0.4, 0.5) is 5.95 Å². The number of hydrogen-bond acceptors (Lipinski definition) is 3. The van der Waals surface area contributed by atoms with E-state index in [2.05, 4.69) is 22.3 Å². The van der Waals surface area contributed by atoms with Crippen LogP contribution in [0.3, 0.4) is 0 Å². The van der Waals surface area contributed by atoms with Gasteiger partial charge in [-0.25, -0.2) is 5.10 Å². The average Bonchev–Trinajstić information content (AvgIpc) is 2.79. The number of nitrogens with zero attached hydrogens (tertiary/aromatic N) is 2. The molecule has 0 bridgehead atoms. The molecule has 0 radical (unpaired) electrons. The summed E-state index contributed by atoms with van der Waals surface area (Å²) in [4.78, 5) is 0. The smallest absolute Gasteiger partial charge is 0.225 e. The fourth-order valence-electron chi connectivity index (χ4n) is 2.07. The van der Waals surface area contributed by atoms with Gasteiger partial charge in [-0.1, -0.05) is 48.5 Å². The predicted octanol–water partition coefficient (Wildman–Crippen LogP) is 3.18. The molecule has 0 aliphatic rings. The molecule has 0 spiro atoms. The molecule has 0 fully saturated rings. The number of rotatable bonds is 2. The van der Waals surface area contributed by atoms with Crippen LogP contribution in [0.5, 0.6) is 0 Å². The summed E-state index contributed by atoms with van der Waals surface area (Å²) in [5, 5.41) is 6.66. The summed E-state index contributed by atoms with van der Waals surface area (Å²) in [6.45, 7) is 0. The van der Waals surface area contributed by atoms with E-state index in [1.807, 2.05) is 42.5 Å². The molecule has 0 saturated heterocycles. The zero-order valence-electron chi connectivity index (χ0n) is 10.1. The summed E-state index contributed by atoms with van der Waals surface area (Å²) in [6.07, 6.45) is 0. The van der Waals surface area contributed by atoms with Gasteiger partial charge in [0.15, 0.2) is 0 Å². The second-order valence-corrected chi connectivity index (χ2v) is 4.49. The van der Waals surface area contributed by atoms with Crippen molar-refractivity contribution in [3.63, 3.8) is 0 Å². The van der Waals surface area contributed by atoms with Crippen LogP contribution in [0.25, 0.3) is 16.8 Å². The second-order valence-electron chi connectivity index (χ2n) is 4.11. The maximum absolute atomic E-state index is 5.87. The van der Waals surface area contributed by atoms with Gasteiger partial charge in [0.25, 0.3) is 0 Å². The van der Waals surface area contributed by atoms with Gasteiger partial charge in [0.1, 0.15) is 0 Å². The predicted molar refractivity (Wildman–Crippen MR) is 78.6 cm³/mol. The molecule has 3 N–H and O–H groups in total. The molecule has 3 aromatic rings. The van der Waals surface area contributed by atoms with Crippen molar-refractivity contribution in [1.29, 1.82) is 0 Å². The van der Waals surface area contributed by atoms with Gasteiger partial charge in [0.2, 0.25) is 10.7 Å². The van der Waals surface area contributed by atoms with E-state index in [9.17, 15) is 0 Å². The van der Waals surface area contributed by atoms with E-state index in [1.54, 1.807) is 4.57 Å². The zero-order valence-corrected chi connectivity index (χ0v) is 10.9. The van der Waals surface area contributed by atoms with Crippen molar-refractivity contribution >= 4 is 18.2 Å². The van der Waals surface area contributed by atoms with E-state index in [1.165, 1.54) is 0 Å². The SMILES string of the molecule is Nc1n[nH]c(=S)n1-c1ccccc1-c1ccccc1. The first kappa shape index (κ1) is 11.7. The monoisotopic (exact) mass is 268 g/mol. The van der Waals surface area contributed by atoms with Gasteiger partial charge in [0, 0.05) is 5.56 Å². The van der Waals surface area contributed by atoms with Crippen LogP contribution in [-0.4, -0.2) is 14.8 Å². The van der Waals surface area contributed by atoms with Gasteiger partial charge < -0.3 is 5.73 Å². The number of aromatic nitrogens is 3. The molecule has 4 nitrogen and oxygen atoms in total. The Hall–Kier alpha value is -2.40. The molecule has 1 heterocycles. The minimum absolute atomic E-state index is 0.355. The Morgan fingerprint density at radius 3 is 2.37 bits per heavy atom. The van der Waals surface area contributed by atoms with Gasteiger partial charge in [-0.15, -0.1) is 5.10 Å². The fraction of sp³-hybridized carbons (Fsp3) is 0. The zero-order chi connectivity index (χ0) is 13.2. The van der Waals surface area contributed by atoms with Crippen molar-refractivity contribution in [1.82, 2.24) is 14.8 Å². The third-order valence-corrected chi connectivity index (χ3v) is 3.20. The van der Waals surface area contributed by atoms with Crippen LogP contribution in [0, 0.1) is 4.77 Å². The molecule has 1 aromatic heterocycles. The highest BCUT2D eigenvalue weighted by Gasteiger charge is 2.10. The lowest BCUT2D eigenvalue weighted by Gasteiger charge is -2.10. The second kappa shape index (κ2) is 4.70. The lowest BCUT2D eigenvalue weighted by atomic mass is 10.0. The highest BCUT2D eigenvalue weighted by molar-refractivity contribution is 7.71. The lowest BCUT2D eigenvalue weighted by molar-refractivity contribution is 1.04. The number of anilines is 1. The molecule has 19 heavy (non-hydrogen) atoms. The molecular formula is C14H12N4S. The van der Waals surface area contributed by atoms with Crippen LogP contribution in [-0.2, 0) is 0 Å². The Labute approximate surface area is 115 Å². The summed E-state index contributed by atoms with van der Waals surface area (Å²) in [5.41, 5.74) is 8.97. The van der Waals surface area contributed by atoms with Gasteiger partial charge in [-0.2, -0.15) is 0 Å². The Kier molecular flexibility index (Phi) is 2.89. The van der Waals surface area contributed by atoms with Crippen molar-refractivity contribution in [2.75, 3.05) is 5.73 Å². The van der Waals surface area contributed by atoms with Crippen molar-refractivity contribution in [2.24, 2.45) is 0 Å². The summed E-state index contributed by atoms with van der Waals surface area (Å²) in [7, 11) is 0. The number of hydrogen-bond donors (Lipinski definition) is 2. The number of H-pyrrole nitrogens is 1. The molecule has 5 heteroatoms. The normalized spacial score (nSPS) is 10.5. The number of nitrogen functional groups attached to an aromatic ring is 1. The summed E-state index contributed by atoms with van der Waals surface area (Å²) < 4.78 is 2.22. The molecule has 3 rings (SSSR count). The van der Waals surface area contributed by atoms with Crippen LogP contribution in [0.1, 0.15) is 0 Å². The molecule has 0 aliphatic carbocycles. The van der Waals surface area contributed by atoms with Gasteiger partial charge in [0.05, 0.1) is 5.69 Å². The van der Waals surface area contributed by atoms with Gasteiger partial charge in [-0.05, 0) is 23.8 Å². The third kappa shape index (κ3) is 2.04. The minimum Gasteiger partial charge on any atom is -0.368 e. The standard InChI is InChI=1S/C14H12N4S/c15-13-16-17-14(19)18(13)12-9-5-4-8-11(12)10-6-2-1-3-7-10/h1-9H,(H2,15,16)(H,17,19). The van der Waals surface area contributed by atoms with Crippen molar-refractivity contribution in [3.8, 4) is 16.8 Å². The Morgan fingerprint density at radius 2 is 1.68 bits per heavy atom. The number of aromatic amines is 1. The quantitative estimate of drug-likeness (QED) is 0.702. The van der Waals surface area contributed by atoms with E-state index in [-0.39, 0.29) is 0 Å². The van der Waals surface area contributed by atoms with Crippen molar-refractivity contribution < 1.29 is 0 Å². The first-order chi connectivity index (χ1) is 9.27. The maximum atomic E-state index is 5.87. The highest BCUT2D eigenvalue weighted by Crippen LogP contribution is 2.27. The highest BCUT2D eigenvalue weighted by atomic mass is 32.1. The lowest BCUT2D eigenvalue weighted by Crippen LogP contribution is -2.02. The topological polar surface area (TPSA) is 59.6 Å². The largest absolute Gasteiger partial charge is 0.368 e. The van der Waals surface area contributed by atoms with Crippen LogP contribution >= 0.6 is 12.2 Å². The number of nitrogens with two attached hydrogens (primary N) is 1. The Bertz CT molecular complexity index is 758. The van der Waals surface area contributed by atoms with Crippen molar-refractivity contribution in [2.45, 2.75) is 0 Å². The molecule has 0 saturated carbocycles. The molecule has 2 aromatic carbocycles. The van der Waals surface area contributed by atoms with Crippen LogP contribution < -0.4 is 5.73 Å². The van der Waals surface area contributed by atoms with Gasteiger partial charge >= 0.3 is 0 Å². The fourth-order valence-corrected chi connectivity index (χ4v) is 2.31. The van der Waals surface area contributed by atoms with E-state index in [4.69, 9.17) is 18.0 Å². The van der Waals surface area contributed by atoms with Crippen molar-refractivity contribution in [3.05, 3.63) is 59.4 Å². The number of benzene rings is 2. The number of para-hydroxylation sites is 1. The maximum Gasteiger partial charge on any atom is 0.225 e. The molecule has 0 unspecified atom stereocenters. The minimum atomic E-state index is 0.355. The van der Waals surface area contributed by atoms with E-state index >= 15 is 0 Å². The molecular weight excluding hydrogens is 256 g/mol. The Morgan fingerprint density at radius 1 is 1.00 bits per heavy atom. The average molecular weight is 268 g/mol. The first-order valence-electron chi connectivity index (χ1n) is 5.85. The Balaban J connectivity index is 2.27. The van der Waals surface area contributed by atoms with Crippen LogP contribution in [0.15, 0.2) is 54.6 Å². The molecule has 0 amide bonds.